The minimum absolute atomic E-state index is 0.118. The second-order valence-electron chi connectivity index (χ2n) is 11.0. The molecule has 0 N–H and O–H groups in total. The van der Waals surface area contributed by atoms with E-state index >= 15 is 0 Å². The first kappa shape index (κ1) is 30.8. The maximum absolute atomic E-state index is 14.0. The Kier molecular flexibility index (Phi) is 10.3. The summed E-state index contributed by atoms with van der Waals surface area (Å²) in [7, 11) is 0.105. The molecule has 0 bridgehead atoms. The van der Waals surface area contributed by atoms with Gasteiger partial charge in [-0.15, -0.1) is 0 Å². The average Bonchev–Trinajstić information content (AvgIpc) is 3.08. The number of rotatable bonds is 12. The molecule has 2 fully saturated rings. The Hall–Kier alpha value is -3.21. The predicted molar refractivity (Wildman–Crippen MR) is 168 cm³/mol. The molecule has 2 aliphatic heterocycles. The summed E-state index contributed by atoms with van der Waals surface area (Å²) >= 11 is 0. The maximum Gasteiger partial charge on any atom is 0.207 e. The third kappa shape index (κ3) is 7.19. The fourth-order valence-corrected chi connectivity index (χ4v) is 7.40. The van der Waals surface area contributed by atoms with E-state index in [4.69, 9.17) is 28.4 Å². The van der Waals surface area contributed by atoms with Crippen molar-refractivity contribution in [1.82, 2.24) is 0 Å². The van der Waals surface area contributed by atoms with Crippen LogP contribution in [0.15, 0.2) is 121 Å². The number of benzene rings is 4. The van der Waals surface area contributed by atoms with Crippen LogP contribution >= 0.6 is 0 Å². The summed E-state index contributed by atoms with van der Waals surface area (Å²) < 4.78 is 52.9. The van der Waals surface area contributed by atoms with Gasteiger partial charge in [0, 0.05) is 12.7 Å². The molecule has 1 unspecified atom stereocenters. The first-order valence-corrected chi connectivity index (χ1v) is 16.3. The van der Waals surface area contributed by atoms with E-state index in [1.807, 2.05) is 121 Å². The zero-order valence-corrected chi connectivity index (χ0v) is 25.6. The van der Waals surface area contributed by atoms with Crippen molar-refractivity contribution in [2.45, 2.75) is 55.5 Å². The average molecular weight is 615 g/mol. The zero-order valence-electron chi connectivity index (χ0n) is 24.7. The largest absolute Gasteiger partial charge is 0.374 e. The number of hydrogen-bond acceptors (Lipinski definition) is 7. The highest BCUT2D eigenvalue weighted by Gasteiger charge is 2.57. The van der Waals surface area contributed by atoms with Crippen LogP contribution in [0.2, 0.25) is 0 Å². The summed E-state index contributed by atoms with van der Waals surface area (Å²) in [6.45, 7) is 1.30. The molecule has 230 valence electrons. The fraction of sp³-hybridized carbons (Fsp3) is 0.333. The van der Waals surface area contributed by atoms with Crippen LogP contribution in [0.4, 0.5) is 0 Å². The van der Waals surface area contributed by atoms with Crippen LogP contribution in [-0.2, 0) is 64.8 Å². The lowest BCUT2D eigenvalue weighted by Gasteiger charge is -2.51. The van der Waals surface area contributed by atoms with Crippen LogP contribution in [0.5, 0.6) is 0 Å². The Bertz CT molecular complexity index is 1460. The van der Waals surface area contributed by atoms with Gasteiger partial charge in [-0.1, -0.05) is 121 Å². The van der Waals surface area contributed by atoms with Crippen LogP contribution in [-0.4, -0.2) is 53.5 Å². The Balaban J connectivity index is 1.32. The van der Waals surface area contributed by atoms with Gasteiger partial charge < -0.3 is 28.4 Å². The molecule has 7 nitrogen and oxygen atoms in total. The zero-order chi connectivity index (χ0) is 30.2. The Labute approximate surface area is 261 Å². The van der Waals surface area contributed by atoms with Gasteiger partial charge in [-0.25, -0.2) is 0 Å². The highest BCUT2D eigenvalue weighted by molar-refractivity contribution is 7.85. The van der Waals surface area contributed by atoms with E-state index in [0.29, 0.717) is 19.8 Å². The van der Waals surface area contributed by atoms with Gasteiger partial charge in [-0.3, -0.25) is 4.21 Å². The lowest BCUT2D eigenvalue weighted by molar-refractivity contribution is -0.322. The van der Waals surface area contributed by atoms with Crippen molar-refractivity contribution in [2.24, 2.45) is 0 Å². The molecule has 0 aromatic heterocycles. The quantitative estimate of drug-likeness (QED) is 0.201. The van der Waals surface area contributed by atoms with Crippen molar-refractivity contribution in [3.05, 3.63) is 144 Å². The summed E-state index contributed by atoms with van der Waals surface area (Å²) in [6.07, 6.45) is -2.51. The molecule has 6 rings (SSSR count). The minimum atomic E-state index is -1.48. The minimum Gasteiger partial charge on any atom is -0.374 e. The van der Waals surface area contributed by atoms with Crippen molar-refractivity contribution in [1.29, 1.82) is 0 Å². The number of hydrogen-bond donors (Lipinski definition) is 0. The van der Waals surface area contributed by atoms with Crippen molar-refractivity contribution in [3.8, 4) is 0 Å². The van der Waals surface area contributed by atoms with Gasteiger partial charge in [0.25, 0.3) is 0 Å². The van der Waals surface area contributed by atoms with Crippen molar-refractivity contribution in [3.63, 3.8) is 0 Å². The van der Waals surface area contributed by atoms with E-state index in [1.54, 1.807) is 7.11 Å². The lowest BCUT2D eigenvalue weighted by Crippen LogP contribution is -2.67. The molecule has 0 amide bonds. The van der Waals surface area contributed by atoms with Crippen LogP contribution < -0.4 is 0 Å². The monoisotopic (exact) mass is 614 g/mol. The van der Waals surface area contributed by atoms with Gasteiger partial charge >= 0.3 is 0 Å². The van der Waals surface area contributed by atoms with E-state index in [1.165, 1.54) is 0 Å². The molecule has 7 atom stereocenters. The van der Waals surface area contributed by atoms with Crippen molar-refractivity contribution in [2.75, 3.05) is 19.5 Å². The predicted octanol–water partition coefficient (Wildman–Crippen LogP) is 5.75. The molecule has 0 aliphatic carbocycles. The molecule has 2 heterocycles. The second-order valence-corrected chi connectivity index (χ2v) is 12.5. The lowest BCUT2D eigenvalue weighted by atomic mass is 9.97. The highest BCUT2D eigenvalue weighted by atomic mass is 32.2. The summed E-state index contributed by atoms with van der Waals surface area (Å²) in [5.74, 6) is -1.11. The summed E-state index contributed by atoms with van der Waals surface area (Å²) in [4.78, 5) is 0. The molecule has 4 aromatic carbocycles. The topological polar surface area (TPSA) is 72.5 Å². The molecule has 8 heteroatoms. The maximum atomic E-state index is 14.0. The van der Waals surface area contributed by atoms with Crippen LogP contribution in [0, 0.1) is 0 Å². The third-order valence-electron chi connectivity index (χ3n) is 8.02. The summed E-state index contributed by atoms with van der Waals surface area (Å²) in [5, 5.41) is 0. The normalized spacial score (nSPS) is 28.3. The first-order chi connectivity index (χ1) is 21.6. The molecule has 44 heavy (non-hydrogen) atoms. The van der Waals surface area contributed by atoms with Crippen molar-refractivity contribution < 1.29 is 32.6 Å². The SMILES string of the molecule is CO[C@]1(c2ccccc2)CS(=O)[C@@H]2O[C@H](COCc3ccccc3)[C@@H](OCc3ccccc3)[C@H](OCc3ccccc3)[C@H]2O1. The molecular weight excluding hydrogens is 576 g/mol. The molecule has 4 aromatic rings. The smallest absolute Gasteiger partial charge is 0.207 e. The van der Waals surface area contributed by atoms with Crippen LogP contribution in [0.1, 0.15) is 22.3 Å². The van der Waals surface area contributed by atoms with Crippen molar-refractivity contribution >= 4 is 10.8 Å². The third-order valence-corrected chi connectivity index (χ3v) is 9.58. The van der Waals surface area contributed by atoms with E-state index < -0.39 is 46.4 Å². The Morgan fingerprint density at radius 2 is 1.20 bits per heavy atom. The molecule has 2 aliphatic rings. The number of methoxy groups -OCH3 is 1. The number of fused-ring (bicyclic) bond motifs is 1. The van der Waals surface area contributed by atoms with Gasteiger partial charge in [-0.05, 0) is 16.7 Å². The molecular formula is C36H38O7S. The van der Waals surface area contributed by atoms with Gasteiger partial charge in [0.1, 0.15) is 24.4 Å². The van der Waals surface area contributed by atoms with E-state index in [2.05, 4.69) is 0 Å². The molecule has 2 saturated heterocycles. The molecule has 0 radical (unpaired) electrons. The summed E-state index contributed by atoms with van der Waals surface area (Å²) in [5.41, 5.74) is 3.10. The van der Waals surface area contributed by atoms with Crippen LogP contribution in [0.25, 0.3) is 0 Å². The Morgan fingerprint density at radius 1 is 0.705 bits per heavy atom. The van der Waals surface area contributed by atoms with Gasteiger partial charge in [-0.2, -0.15) is 0 Å². The van der Waals surface area contributed by atoms with E-state index in [-0.39, 0.29) is 12.4 Å². The Morgan fingerprint density at radius 3 is 1.75 bits per heavy atom. The standard InChI is InChI=1S/C36H38O7S/c1-38-36(30-20-12-5-13-21-30)26-44(37)35-34(43-36)33(41-24-29-18-10-4-11-19-29)32(40-23-28-16-8-3-9-17-28)31(42-35)25-39-22-27-14-6-2-7-15-27/h2-21,31-35H,22-26H2,1H3/t31-,32-,33+,34-,35+,36-,44?/m1/s1. The van der Waals surface area contributed by atoms with E-state index in [9.17, 15) is 4.21 Å². The molecule has 0 spiro atoms. The number of ether oxygens (including phenoxy) is 6. The first-order valence-electron chi connectivity index (χ1n) is 14.9. The fourth-order valence-electron chi connectivity index (χ4n) is 5.73. The van der Waals surface area contributed by atoms with Gasteiger partial charge in [0.2, 0.25) is 5.79 Å². The molecule has 0 saturated carbocycles. The van der Waals surface area contributed by atoms with Gasteiger partial charge in [0.05, 0.1) is 43.0 Å². The van der Waals surface area contributed by atoms with Gasteiger partial charge in [0.15, 0.2) is 5.44 Å². The van der Waals surface area contributed by atoms with E-state index in [0.717, 1.165) is 22.3 Å². The second kappa shape index (κ2) is 14.7. The summed E-state index contributed by atoms with van der Waals surface area (Å²) in [6, 6.07) is 39.5. The van der Waals surface area contributed by atoms with Crippen LogP contribution in [0.3, 0.4) is 0 Å². The highest BCUT2D eigenvalue weighted by Crippen LogP contribution is 2.42.